The number of hydrogen-bond donors (Lipinski definition) is 1. The molecule has 2 aliphatic rings. The van der Waals surface area contributed by atoms with Crippen molar-refractivity contribution < 1.29 is 35.9 Å². The second kappa shape index (κ2) is 22.5. The largest absolute Gasteiger partial charge is 0.468 e. The first kappa shape index (κ1) is 48.9. The van der Waals surface area contributed by atoms with Gasteiger partial charge < -0.3 is 14.8 Å². The first-order valence-electron chi connectivity index (χ1n) is 16.3. The van der Waals surface area contributed by atoms with E-state index < -0.39 is 41.1 Å². The molecule has 0 fully saturated rings. The molecule has 52 heavy (non-hydrogen) atoms. The van der Waals surface area contributed by atoms with Gasteiger partial charge in [0.1, 0.15) is 0 Å². The van der Waals surface area contributed by atoms with Crippen LogP contribution in [0.4, 0.5) is 0 Å². The van der Waals surface area contributed by atoms with Gasteiger partial charge in [-0.15, -0.1) is 12.4 Å². The van der Waals surface area contributed by atoms with Crippen molar-refractivity contribution in [1.29, 1.82) is 0 Å². The molecule has 16 heteroatoms. The molecule has 0 aromatic heterocycles. The maximum Gasteiger partial charge on any atom is 0.326 e. The molecule has 2 heterocycles. The third-order valence-corrected chi connectivity index (χ3v) is 15.0. The Bertz CT molecular complexity index is 1760. The van der Waals surface area contributed by atoms with Crippen LogP contribution >= 0.6 is 73.5 Å². The maximum absolute atomic E-state index is 12.1. The van der Waals surface area contributed by atoms with Gasteiger partial charge in [0.2, 0.25) is 0 Å². The highest BCUT2D eigenvalue weighted by Gasteiger charge is 2.45. The van der Waals surface area contributed by atoms with Gasteiger partial charge in [0, 0.05) is 51.2 Å². The Morgan fingerprint density at radius 1 is 0.788 bits per heavy atom. The van der Waals surface area contributed by atoms with E-state index in [1.54, 1.807) is 0 Å². The highest BCUT2D eigenvalue weighted by molar-refractivity contribution is 14.1. The van der Waals surface area contributed by atoms with Crippen LogP contribution in [-0.4, -0.2) is 108 Å². The number of carbonyl (C=O) groups is 2. The molecule has 0 bridgehead atoms. The molecule has 0 amide bonds. The second-order valence-corrected chi connectivity index (χ2v) is 20.8. The number of methoxy groups -OCH3 is 2. The molecule has 2 unspecified atom stereocenters. The molecule has 0 spiro atoms. The van der Waals surface area contributed by atoms with Crippen LogP contribution in [0.1, 0.15) is 50.7 Å². The van der Waals surface area contributed by atoms with Gasteiger partial charge in [-0.05, 0) is 138 Å². The lowest BCUT2D eigenvalue weighted by Gasteiger charge is -2.31. The number of carbonyl (C=O) groups excluding carboxylic acids is 2. The average Bonchev–Trinajstić information content (AvgIpc) is 3.10. The monoisotopic (exact) mass is 1070 g/mol. The second-order valence-electron chi connectivity index (χ2n) is 12.7. The third-order valence-electron chi connectivity index (χ3n) is 9.13. The van der Waals surface area contributed by atoms with Gasteiger partial charge in [-0.1, -0.05) is 52.3 Å². The zero-order chi connectivity index (χ0) is 38.5. The number of nitrogens with zero attached hydrogens (tertiary/aromatic N) is 1. The van der Waals surface area contributed by atoms with Gasteiger partial charge in [-0.25, -0.2) is 16.8 Å². The van der Waals surface area contributed by atoms with Gasteiger partial charge in [0.05, 0.1) is 14.2 Å². The smallest absolute Gasteiger partial charge is 0.326 e. The Morgan fingerprint density at radius 2 is 1.23 bits per heavy atom. The van der Waals surface area contributed by atoms with Crippen LogP contribution < -0.4 is 5.32 Å². The summed E-state index contributed by atoms with van der Waals surface area (Å²) < 4.78 is 55.5. The number of halogens is 4. The van der Waals surface area contributed by atoms with Crippen LogP contribution in [0.3, 0.4) is 0 Å². The van der Waals surface area contributed by atoms with Crippen LogP contribution in [0.25, 0.3) is 11.1 Å². The number of ether oxygens (including phenoxy) is 2. The summed E-state index contributed by atoms with van der Waals surface area (Å²) in [6, 6.07) is 17.2. The normalized spacial score (nSPS) is 17.1. The highest BCUT2D eigenvalue weighted by Crippen LogP contribution is 2.27. The van der Waals surface area contributed by atoms with E-state index in [-0.39, 0.29) is 25.2 Å². The molecule has 10 nitrogen and oxygen atoms in total. The summed E-state index contributed by atoms with van der Waals surface area (Å²) in [5, 5.41) is 3.75. The summed E-state index contributed by atoms with van der Waals surface area (Å²) in [6.07, 6.45) is 9.09. The van der Waals surface area contributed by atoms with Crippen molar-refractivity contribution >= 4 is 116 Å². The summed E-state index contributed by atoms with van der Waals surface area (Å²) in [4.78, 5) is 25.4. The molecule has 2 aromatic rings. The van der Waals surface area contributed by atoms with Crippen LogP contribution in [0, 0.1) is 7.14 Å². The minimum Gasteiger partial charge on any atom is -0.468 e. The van der Waals surface area contributed by atoms with Crippen LogP contribution in [-0.2, 0) is 38.7 Å². The zero-order valence-corrected chi connectivity index (χ0v) is 38.8. The molecule has 2 aromatic carbocycles. The molecule has 0 radical (unpaired) electrons. The van der Waals surface area contributed by atoms with E-state index in [1.165, 1.54) is 57.5 Å². The molecule has 2 atom stereocenters. The first-order chi connectivity index (χ1) is 23.8. The zero-order valence-electron chi connectivity index (χ0n) is 30.4. The third kappa shape index (κ3) is 14.2. The minimum atomic E-state index is -3.55. The Hall–Kier alpha value is -1.09. The summed E-state index contributed by atoms with van der Waals surface area (Å²) in [7, 11) is -4.59. The summed E-state index contributed by atoms with van der Waals surface area (Å²) in [5.41, 5.74) is 5.40. The summed E-state index contributed by atoms with van der Waals surface area (Å²) in [5.74, 6) is -1.41. The number of rotatable bonds is 11. The van der Waals surface area contributed by atoms with E-state index in [9.17, 15) is 26.4 Å². The number of hydrogen-bond acceptors (Lipinski definition) is 10. The van der Waals surface area contributed by atoms with E-state index in [2.05, 4.69) is 137 Å². The van der Waals surface area contributed by atoms with Crippen LogP contribution in [0.2, 0.25) is 0 Å². The van der Waals surface area contributed by atoms with Gasteiger partial charge in [0.25, 0.3) is 0 Å². The molecule has 1 N–H and O–H groups in total. The Morgan fingerprint density at radius 3 is 1.58 bits per heavy atom. The standard InChI is InChI=1S/C18H24INO4S.C11H12IN.C7H13BrO4S.ClH/c1-18(17(21)24-2,25(3,22)23)10-13-20-11-8-15(9-12-20)14-4-6-16(19)7-5-14;12-11-3-1-9(2-4-11)10-5-7-13-8-6-10;1-7(4-5-8,6(9)12-2)13(3,10)11;/h4-8H,9-13H2,1-3H3;1-5,13H,6-8H2;4-5H2,1-3H3;1H. The molecule has 2 aliphatic heterocycles. The van der Waals surface area contributed by atoms with Crippen LogP contribution in [0.15, 0.2) is 60.7 Å². The topological polar surface area (TPSA) is 136 Å². The van der Waals surface area contributed by atoms with Crippen molar-refractivity contribution in [2.45, 2.75) is 49.0 Å². The lowest BCUT2D eigenvalue weighted by atomic mass is 9.99. The number of nitrogens with one attached hydrogen (secondary N) is 1. The predicted molar refractivity (Wildman–Crippen MR) is 234 cm³/mol. The fourth-order valence-electron chi connectivity index (χ4n) is 5.25. The van der Waals surface area contributed by atoms with Crippen LogP contribution in [0.5, 0.6) is 0 Å². The Kier molecular flexibility index (Phi) is 21.1. The number of sulfone groups is 2. The van der Waals surface area contributed by atoms with Gasteiger partial charge in [-0.2, -0.15) is 0 Å². The van der Waals surface area contributed by atoms with E-state index in [0.717, 1.165) is 51.5 Å². The van der Waals surface area contributed by atoms with Crippen molar-refractivity contribution in [3.63, 3.8) is 0 Å². The molecule has 0 aliphatic carbocycles. The van der Waals surface area contributed by atoms with Gasteiger partial charge in [-0.3, -0.25) is 14.5 Å². The fraction of sp³-hybridized carbons (Fsp3) is 0.500. The van der Waals surface area contributed by atoms with E-state index in [1.807, 2.05) is 0 Å². The number of alkyl halides is 1. The molecular weight excluding hydrogens is 1020 g/mol. The number of esters is 2. The predicted octanol–water partition coefficient (Wildman–Crippen LogP) is 6.58. The van der Waals surface area contributed by atoms with E-state index in [4.69, 9.17) is 4.74 Å². The molecule has 292 valence electrons. The van der Waals surface area contributed by atoms with Crippen molar-refractivity contribution in [2.75, 3.05) is 64.8 Å². The van der Waals surface area contributed by atoms with Crippen molar-refractivity contribution in [3.8, 4) is 0 Å². The SMILES string of the molecule is COC(=O)C(C)(CCBr)S(C)(=O)=O.COC(=O)C(C)(CCN1CC=C(c2ccc(I)cc2)CC1)S(C)(=O)=O.Cl.Ic1ccc(C2=CCNCC2)cc1. The maximum atomic E-state index is 12.1. The molecule has 0 saturated heterocycles. The summed E-state index contributed by atoms with van der Waals surface area (Å²) >= 11 is 7.73. The first-order valence-corrected chi connectivity index (χ1v) is 23.3. The lowest BCUT2D eigenvalue weighted by Crippen LogP contribution is -2.46. The van der Waals surface area contributed by atoms with Gasteiger partial charge in [0.15, 0.2) is 29.2 Å². The summed E-state index contributed by atoms with van der Waals surface area (Å²) in [6.45, 7) is 7.08. The highest BCUT2D eigenvalue weighted by atomic mass is 127. The average molecular weight is 1070 g/mol. The molecule has 4 rings (SSSR count). The van der Waals surface area contributed by atoms with Gasteiger partial charge >= 0.3 is 11.9 Å². The minimum absolute atomic E-state index is 0. The molecular formula is C36H50BrClI2N2O8S2. The quantitative estimate of drug-likeness (QED) is 0.149. The van der Waals surface area contributed by atoms with Crippen molar-refractivity contribution in [1.82, 2.24) is 10.2 Å². The fourth-order valence-corrected chi connectivity index (χ4v) is 8.73. The van der Waals surface area contributed by atoms with Crippen molar-refractivity contribution in [2.24, 2.45) is 0 Å². The lowest BCUT2D eigenvalue weighted by molar-refractivity contribution is -0.144. The number of benzene rings is 2. The Labute approximate surface area is 352 Å². The van der Waals surface area contributed by atoms with Crippen molar-refractivity contribution in [3.05, 3.63) is 79.0 Å². The molecule has 0 saturated carbocycles. The van der Waals surface area contributed by atoms with E-state index in [0.29, 0.717) is 11.9 Å². The Balaban J connectivity index is 0.000000424. The van der Waals surface area contributed by atoms with E-state index >= 15 is 0 Å².